The summed E-state index contributed by atoms with van der Waals surface area (Å²) in [5, 5.41) is 9.72. The molecule has 1 heterocycles. The maximum Gasteiger partial charge on any atom is 0.223 e. The van der Waals surface area contributed by atoms with Crippen LogP contribution in [0, 0.1) is 17.8 Å². The molecule has 3 fully saturated rings. The fraction of sp³-hybridized carbons (Fsp3) is 0.895. The second-order valence-corrected chi connectivity index (χ2v) is 7.98. The molecule has 3 rings (SSSR count). The lowest BCUT2D eigenvalue weighted by Gasteiger charge is -2.29. The van der Waals surface area contributed by atoms with Gasteiger partial charge in [-0.15, -0.1) is 12.4 Å². The maximum atomic E-state index is 12.3. The summed E-state index contributed by atoms with van der Waals surface area (Å²) >= 11 is 0. The molecule has 0 spiro atoms. The SMILES string of the molecule is Cl.O=C(NCCC1CCNC1)C1CCC(NC(=O)C2CCCC2)CC1. The van der Waals surface area contributed by atoms with Crippen LogP contribution in [-0.2, 0) is 9.59 Å². The zero-order chi connectivity index (χ0) is 16.8. The first kappa shape index (κ1) is 20.5. The van der Waals surface area contributed by atoms with Gasteiger partial charge in [0.25, 0.3) is 0 Å². The van der Waals surface area contributed by atoms with Gasteiger partial charge in [-0.3, -0.25) is 9.59 Å². The van der Waals surface area contributed by atoms with Gasteiger partial charge >= 0.3 is 0 Å². The first-order valence-electron chi connectivity index (χ1n) is 10.0. The summed E-state index contributed by atoms with van der Waals surface area (Å²) in [7, 11) is 0. The third kappa shape index (κ3) is 6.14. The van der Waals surface area contributed by atoms with Gasteiger partial charge in [-0.2, -0.15) is 0 Å². The summed E-state index contributed by atoms with van der Waals surface area (Å²) in [6.45, 7) is 3.03. The van der Waals surface area contributed by atoms with Crippen molar-refractivity contribution < 1.29 is 9.59 Å². The molecule has 1 atom stereocenters. The van der Waals surface area contributed by atoms with Crippen LogP contribution in [0.2, 0.25) is 0 Å². The second-order valence-electron chi connectivity index (χ2n) is 7.98. The average Bonchev–Trinajstić information content (AvgIpc) is 3.29. The Hall–Kier alpha value is -0.810. The van der Waals surface area contributed by atoms with Crippen molar-refractivity contribution in [3.05, 3.63) is 0 Å². The number of rotatable bonds is 6. The van der Waals surface area contributed by atoms with Crippen molar-refractivity contribution in [2.75, 3.05) is 19.6 Å². The van der Waals surface area contributed by atoms with Crippen molar-refractivity contribution in [2.45, 2.75) is 70.3 Å². The van der Waals surface area contributed by atoms with Crippen molar-refractivity contribution in [2.24, 2.45) is 17.8 Å². The van der Waals surface area contributed by atoms with Crippen LogP contribution in [-0.4, -0.2) is 37.5 Å². The molecule has 2 amide bonds. The Balaban J connectivity index is 0.00000225. The van der Waals surface area contributed by atoms with Gasteiger partial charge in [-0.05, 0) is 70.4 Å². The minimum absolute atomic E-state index is 0. The standard InChI is InChI=1S/C19H33N3O2.ClH/c23-18(21-12-10-14-9-11-20-13-14)16-5-7-17(8-6-16)22-19(24)15-3-1-2-4-15;/h14-17,20H,1-13H2,(H,21,23)(H,22,24);1H. The minimum atomic E-state index is 0. The van der Waals surface area contributed by atoms with Gasteiger partial charge in [0.15, 0.2) is 0 Å². The zero-order valence-corrected chi connectivity index (χ0v) is 16.0. The number of carbonyl (C=O) groups is 2. The maximum absolute atomic E-state index is 12.3. The van der Waals surface area contributed by atoms with E-state index in [-0.39, 0.29) is 42.1 Å². The van der Waals surface area contributed by atoms with Crippen molar-refractivity contribution in [1.29, 1.82) is 0 Å². The first-order chi connectivity index (χ1) is 11.7. The van der Waals surface area contributed by atoms with E-state index in [0.29, 0.717) is 0 Å². The van der Waals surface area contributed by atoms with E-state index in [2.05, 4.69) is 16.0 Å². The van der Waals surface area contributed by atoms with E-state index in [9.17, 15) is 9.59 Å². The Bertz CT molecular complexity index is 426. The fourth-order valence-corrected chi connectivity index (χ4v) is 4.51. The molecule has 0 bridgehead atoms. The van der Waals surface area contributed by atoms with Gasteiger partial charge in [-0.25, -0.2) is 0 Å². The molecule has 0 radical (unpaired) electrons. The molecule has 3 N–H and O–H groups in total. The molecule has 1 unspecified atom stereocenters. The molecule has 25 heavy (non-hydrogen) atoms. The Morgan fingerprint density at radius 1 is 0.880 bits per heavy atom. The van der Waals surface area contributed by atoms with E-state index in [1.807, 2.05) is 0 Å². The van der Waals surface area contributed by atoms with Crippen LogP contribution >= 0.6 is 12.4 Å². The van der Waals surface area contributed by atoms with Gasteiger partial charge in [0.1, 0.15) is 0 Å². The number of hydrogen-bond acceptors (Lipinski definition) is 3. The van der Waals surface area contributed by atoms with Gasteiger partial charge in [-0.1, -0.05) is 12.8 Å². The van der Waals surface area contributed by atoms with Crippen molar-refractivity contribution >= 4 is 24.2 Å². The lowest BCUT2D eigenvalue weighted by Crippen LogP contribution is -2.42. The molecular formula is C19H34ClN3O2. The van der Waals surface area contributed by atoms with E-state index >= 15 is 0 Å². The number of hydrogen-bond donors (Lipinski definition) is 3. The summed E-state index contributed by atoms with van der Waals surface area (Å²) in [6, 6.07) is 0.284. The highest BCUT2D eigenvalue weighted by atomic mass is 35.5. The lowest BCUT2D eigenvalue weighted by molar-refractivity contribution is -0.126. The summed E-state index contributed by atoms with van der Waals surface area (Å²) in [5.74, 6) is 1.60. The molecule has 1 saturated heterocycles. The Morgan fingerprint density at radius 3 is 2.20 bits per heavy atom. The highest BCUT2D eigenvalue weighted by Crippen LogP contribution is 2.27. The fourth-order valence-electron chi connectivity index (χ4n) is 4.51. The van der Waals surface area contributed by atoms with Crippen molar-refractivity contribution in [3.63, 3.8) is 0 Å². The van der Waals surface area contributed by atoms with E-state index < -0.39 is 0 Å². The predicted molar refractivity (Wildman–Crippen MR) is 102 cm³/mol. The minimum Gasteiger partial charge on any atom is -0.356 e. The summed E-state index contributed by atoms with van der Waals surface area (Å²) < 4.78 is 0. The third-order valence-electron chi connectivity index (χ3n) is 6.18. The Labute approximate surface area is 157 Å². The number of amides is 2. The van der Waals surface area contributed by atoms with Crippen LogP contribution in [0.15, 0.2) is 0 Å². The largest absolute Gasteiger partial charge is 0.356 e. The van der Waals surface area contributed by atoms with Crippen LogP contribution in [0.1, 0.15) is 64.2 Å². The summed E-state index contributed by atoms with van der Waals surface area (Å²) in [5.41, 5.74) is 0. The summed E-state index contributed by atoms with van der Waals surface area (Å²) in [6.07, 6.45) is 10.5. The van der Waals surface area contributed by atoms with E-state index in [1.165, 1.54) is 19.3 Å². The number of halogens is 1. The molecule has 3 aliphatic rings. The lowest BCUT2D eigenvalue weighted by atomic mass is 9.85. The molecule has 6 heteroatoms. The quantitative estimate of drug-likeness (QED) is 0.671. The van der Waals surface area contributed by atoms with Crippen molar-refractivity contribution in [1.82, 2.24) is 16.0 Å². The molecular weight excluding hydrogens is 338 g/mol. The van der Waals surface area contributed by atoms with Crippen molar-refractivity contribution in [3.8, 4) is 0 Å². The molecule has 5 nitrogen and oxygen atoms in total. The average molecular weight is 372 g/mol. The molecule has 2 aliphatic carbocycles. The number of carbonyl (C=O) groups excluding carboxylic acids is 2. The van der Waals surface area contributed by atoms with E-state index in [0.717, 1.165) is 70.5 Å². The molecule has 0 aromatic carbocycles. The summed E-state index contributed by atoms with van der Waals surface area (Å²) in [4.78, 5) is 24.5. The highest BCUT2D eigenvalue weighted by molar-refractivity contribution is 5.85. The van der Waals surface area contributed by atoms with Gasteiger partial charge in [0, 0.05) is 24.4 Å². The Morgan fingerprint density at radius 2 is 1.56 bits per heavy atom. The van der Waals surface area contributed by atoms with Crippen LogP contribution in [0.5, 0.6) is 0 Å². The number of nitrogens with one attached hydrogen (secondary N) is 3. The van der Waals surface area contributed by atoms with Gasteiger partial charge in [0.2, 0.25) is 11.8 Å². The molecule has 0 aromatic heterocycles. The monoisotopic (exact) mass is 371 g/mol. The molecule has 144 valence electrons. The van der Waals surface area contributed by atoms with E-state index in [1.54, 1.807) is 0 Å². The van der Waals surface area contributed by atoms with Crippen LogP contribution in [0.4, 0.5) is 0 Å². The molecule has 0 aromatic rings. The van der Waals surface area contributed by atoms with Crippen LogP contribution in [0.25, 0.3) is 0 Å². The van der Waals surface area contributed by atoms with Gasteiger partial charge in [0.05, 0.1) is 0 Å². The second kappa shape index (κ2) is 10.4. The molecule has 2 saturated carbocycles. The molecule has 1 aliphatic heterocycles. The predicted octanol–water partition coefficient (Wildman–Crippen LogP) is 2.39. The van der Waals surface area contributed by atoms with E-state index in [4.69, 9.17) is 0 Å². The van der Waals surface area contributed by atoms with Gasteiger partial charge < -0.3 is 16.0 Å². The Kier molecular flexibility index (Phi) is 8.50. The normalized spacial score (nSPS) is 29.8. The zero-order valence-electron chi connectivity index (χ0n) is 15.2. The van der Waals surface area contributed by atoms with Crippen LogP contribution < -0.4 is 16.0 Å². The topological polar surface area (TPSA) is 70.2 Å². The smallest absolute Gasteiger partial charge is 0.223 e. The highest BCUT2D eigenvalue weighted by Gasteiger charge is 2.29. The first-order valence-corrected chi connectivity index (χ1v) is 10.0. The van der Waals surface area contributed by atoms with Crippen LogP contribution in [0.3, 0.4) is 0 Å². The third-order valence-corrected chi connectivity index (χ3v) is 6.18.